The highest BCUT2D eigenvalue weighted by molar-refractivity contribution is 7.27. The predicted octanol–water partition coefficient (Wildman–Crippen LogP) is 2.53. The Hall–Kier alpha value is -2.30. The number of hydrogen-bond acceptors (Lipinski definition) is 2. The van der Waals surface area contributed by atoms with Crippen LogP contribution in [0.4, 0.5) is 5.69 Å². The van der Waals surface area contributed by atoms with Crippen molar-refractivity contribution in [1.29, 1.82) is 0 Å². The van der Waals surface area contributed by atoms with Crippen LogP contribution in [-0.4, -0.2) is 24.1 Å². The topological polar surface area (TPSA) is 31.9 Å². The average molecular weight is 293 g/mol. The largest absolute Gasteiger partial charge is 0.378 e. The van der Waals surface area contributed by atoms with E-state index < -0.39 is 0 Å². The second kappa shape index (κ2) is 5.60. The zero-order valence-corrected chi connectivity index (χ0v) is 13.2. The smallest absolute Gasteiger partial charge is 0.138 e. The standard InChI is InChI=1S/C17H16N3P/c1-20(2)15-7-4-12(5-8-15)3-6-14-9-13-10-16(21)11-18-17(13)19-14/h4-5,7-11H,21H2,1-2H3,(H,18,19). The van der Waals surface area contributed by atoms with Gasteiger partial charge in [-0.25, -0.2) is 4.98 Å². The Bertz CT molecular complexity index is 836. The van der Waals surface area contributed by atoms with E-state index in [2.05, 4.69) is 54.1 Å². The quantitative estimate of drug-likeness (QED) is 0.552. The van der Waals surface area contributed by atoms with Crippen LogP contribution in [-0.2, 0) is 0 Å². The molecular weight excluding hydrogens is 277 g/mol. The van der Waals surface area contributed by atoms with Gasteiger partial charge in [0.15, 0.2) is 0 Å². The summed E-state index contributed by atoms with van der Waals surface area (Å²) in [5.74, 6) is 6.32. The Kier molecular flexibility index (Phi) is 3.64. The van der Waals surface area contributed by atoms with Crippen molar-refractivity contribution in [2.45, 2.75) is 0 Å². The number of aromatic amines is 1. The maximum Gasteiger partial charge on any atom is 0.138 e. The van der Waals surface area contributed by atoms with Crippen LogP contribution in [0.25, 0.3) is 11.0 Å². The third-order valence-electron chi connectivity index (χ3n) is 3.22. The number of nitrogens with zero attached hydrogens (tertiary/aromatic N) is 2. The Morgan fingerprint density at radius 2 is 1.86 bits per heavy atom. The van der Waals surface area contributed by atoms with Crippen LogP contribution in [0.15, 0.2) is 42.6 Å². The number of benzene rings is 1. The summed E-state index contributed by atoms with van der Waals surface area (Å²) in [5, 5.41) is 2.15. The Morgan fingerprint density at radius 3 is 2.57 bits per heavy atom. The number of H-pyrrole nitrogens is 1. The molecule has 0 aliphatic rings. The van der Waals surface area contributed by atoms with Gasteiger partial charge in [0.25, 0.3) is 0 Å². The monoisotopic (exact) mass is 293 g/mol. The molecule has 1 atom stereocenters. The highest BCUT2D eigenvalue weighted by Gasteiger charge is 1.99. The van der Waals surface area contributed by atoms with Crippen molar-refractivity contribution in [2.75, 3.05) is 19.0 Å². The minimum absolute atomic E-state index is 0.869. The molecule has 104 valence electrons. The molecule has 0 aliphatic carbocycles. The molecule has 2 heterocycles. The first-order chi connectivity index (χ1) is 10.1. The summed E-state index contributed by atoms with van der Waals surface area (Å²) in [5.41, 5.74) is 3.92. The van der Waals surface area contributed by atoms with Gasteiger partial charge >= 0.3 is 0 Å². The predicted molar refractivity (Wildman–Crippen MR) is 92.2 cm³/mol. The van der Waals surface area contributed by atoms with E-state index in [9.17, 15) is 0 Å². The Balaban J connectivity index is 1.88. The summed E-state index contributed by atoms with van der Waals surface area (Å²) in [6, 6.07) is 12.3. The van der Waals surface area contributed by atoms with Crippen LogP contribution < -0.4 is 10.2 Å². The van der Waals surface area contributed by atoms with E-state index in [1.165, 1.54) is 5.69 Å². The lowest BCUT2D eigenvalue weighted by molar-refractivity contribution is 1.13. The van der Waals surface area contributed by atoms with E-state index in [-0.39, 0.29) is 0 Å². The van der Waals surface area contributed by atoms with Gasteiger partial charge in [-0.1, -0.05) is 5.92 Å². The van der Waals surface area contributed by atoms with Crippen molar-refractivity contribution >= 4 is 31.3 Å². The lowest BCUT2D eigenvalue weighted by atomic mass is 10.2. The van der Waals surface area contributed by atoms with E-state index in [4.69, 9.17) is 0 Å². The molecule has 1 N–H and O–H groups in total. The minimum atomic E-state index is 0.869. The zero-order valence-electron chi connectivity index (χ0n) is 12.0. The van der Waals surface area contributed by atoms with Crippen LogP contribution in [0, 0.1) is 11.8 Å². The Labute approximate surface area is 126 Å². The average Bonchev–Trinajstić information content (AvgIpc) is 2.87. The minimum Gasteiger partial charge on any atom is -0.378 e. The maximum absolute atomic E-state index is 4.34. The van der Waals surface area contributed by atoms with Gasteiger partial charge in [-0.15, -0.1) is 9.24 Å². The van der Waals surface area contributed by atoms with Crippen LogP contribution in [0.5, 0.6) is 0 Å². The second-order valence-electron chi connectivity index (χ2n) is 5.08. The highest BCUT2D eigenvalue weighted by Crippen LogP contribution is 2.13. The molecule has 3 nitrogen and oxygen atoms in total. The molecule has 3 aromatic rings. The lowest BCUT2D eigenvalue weighted by Crippen LogP contribution is -2.07. The third-order valence-corrected chi connectivity index (χ3v) is 3.53. The molecule has 0 radical (unpaired) electrons. The van der Waals surface area contributed by atoms with Gasteiger partial charge in [0.1, 0.15) is 5.65 Å². The number of rotatable bonds is 1. The number of aromatic nitrogens is 2. The first-order valence-corrected chi connectivity index (χ1v) is 7.23. The molecule has 0 saturated heterocycles. The lowest BCUT2D eigenvalue weighted by Gasteiger charge is -2.11. The maximum atomic E-state index is 4.34. The van der Waals surface area contributed by atoms with Crippen molar-refractivity contribution in [3.63, 3.8) is 0 Å². The first kappa shape index (κ1) is 13.7. The molecule has 1 unspecified atom stereocenters. The van der Waals surface area contributed by atoms with Crippen LogP contribution >= 0.6 is 9.24 Å². The van der Waals surface area contributed by atoms with Crippen molar-refractivity contribution < 1.29 is 0 Å². The normalized spacial score (nSPS) is 10.2. The Morgan fingerprint density at radius 1 is 1.10 bits per heavy atom. The number of hydrogen-bond donors (Lipinski definition) is 1. The van der Waals surface area contributed by atoms with E-state index >= 15 is 0 Å². The van der Waals surface area contributed by atoms with Gasteiger partial charge < -0.3 is 9.88 Å². The van der Waals surface area contributed by atoms with Gasteiger partial charge in [0.2, 0.25) is 0 Å². The van der Waals surface area contributed by atoms with Crippen molar-refractivity contribution in [3.8, 4) is 11.8 Å². The van der Waals surface area contributed by atoms with Crippen LogP contribution in [0.1, 0.15) is 11.3 Å². The number of pyridine rings is 1. The third kappa shape index (κ3) is 3.07. The molecule has 0 amide bonds. The highest BCUT2D eigenvalue weighted by atomic mass is 31.0. The van der Waals surface area contributed by atoms with Gasteiger partial charge in [-0.2, -0.15) is 0 Å². The number of nitrogens with one attached hydrogen (secondary N) is 1. The summed E-state index contributed by atoms with van der Waals surface area (Å²) in [6.45, 7) is 0. The molecule has 0 spiro atoms. The number of anilines is 1. The zero-order chi connectivity index (χ0) is 14.8. The van der Waals surface area contributed by atoms with Gasteiger partial charge in [-0.3, -0.25) is 0 Å². The van der Waals surface area contributed by atoms with E-state index in [1.54, 1.807) is 0 Å². The van der Waals surface area contributed by atoms with E-state index in [0.717, 1.165) is 27.6 Å². The van der Waals surface area contributed by atoms with Gasteiger partial charge in [0.05, 0.1) is 5.69 Å². The molecule has 1 aromatic carbocycles. The van der Waals surface area contributed by atoms with Crippen molar-refractivity contribution in [1.82, 2.24) is 9.97 Å². The van der Waals surface area contributed by atoms with E-state index in [1.807, 2.05) is 38.5 Å². The van der Waals surface area contributed by atoms with Crippen molar-refractivity contribution in [3.05, 3.63) is 53.9 Å². The molecule has 0 bridgehead atoms. The SMILES string of the molecule is CN(C)c1ccc(C#Cc2cc3cc(P)cnc3[nH]2)cc1. The molecule has 0 fully saturated rings. The molecule has 0 saturated carbocycles. The first-order valence-electron chi connectivity index (χ1n) is 6.65. The summed E-state index contributed by atoms with van der Waals surface area (Å²) >= 11 is 0. The molecule has 4 heteroatoms. The molecule has 3 rings (SSSR count). The van der Waals surface area contributed by atoms with Crippen LogP contribution in [0.2, 0.25) is 0 Å². The molecule has 2 aromatic heterocycles. The second-order valence-corrected chi connectivity index (χ2v) is 5.75. The fraction of sp³-hybridized carbons (Fsp3) is 0.118. The van der Waals surface area contributed by atoms with Gasteiger partial charge in [0, 0.05) is 36.9 Å². The summed E-state index contributed by atoms with van der Waals surface area (Å²) in [7, 11) is 6.70. The molecule has 0 aliphatic heterocycles. The summed E-state index contributed by atoms with van der Waals surface area (Å²) < 4.78 is 0. The van der Waals surface area contributed by atoms with Crippen LogP contribution in [0.3, 0.4) is 0 Å². The fourth-order valence-electron chi connectivity index (χ4n) is 2.08. The summed E-state index contributed by atoms with van der Waals surface area (Å²) in [4.78, 5) is 9.63. The van der Waals surface area contributed by atoms with Gasteiger partial charge in [-0.05, 0) is 47.6 Å². The molecular formula is C17H16N3P. The van der Waals surface area contributed by atoms with E-state index in [0.29, 0.717) is 0 Å². The molecule has 21 heavy (non-hydrogen) atoms. The number of fused-ring (bicyclic) bond motifs is 1. The summed E-state index contributed by atoms with van der Waals surface area (Å²) in [6.07, 6.45) is 1.82. The fourth-order valence-corrected chi connectivity index (χ4v) is 2.34. The van der Waals surface area contributed by atoms with Crippen molar-refractivity contribution in [2.24, 2.45) is 0 Å².